The lowest BCUT2D eigenvalue weighted by molar-refractivity contribution is 0.108. The fourth-order valence-electron chi connectivity index (χ4n) is 2.08. The number of hydrogen-bond donors (Lipinski definition) is 1. The summed E-state index contributed by atoms with van der Waals surface area (Å²) in [5, 5.41) is 3.44. The minimum Gasteiger partial charge on any atom is -0.380 e. The minimum atomic E-state index is 0.889. The van der Waals surface area contributed by atoms with Crippen molar-refractivity contribution in [2.45, 2.75) is 58.3 Å². The first kappa shape index (κ1) is 14.0. The molecule has 0 saturated heterocycles. The summed E-state index contributed by atoms with van der Waals surface area (Å²) in [5.41, 5.74) is 0. The molecule has 0 bridgehead atoms. The maximum atomic E-state index is 5.61. The largest absolute Gasteiger partial charge is 0.380 e. The third-order valence-electron chi connectivity index (χ3n) is 3.53. The van der Waals surface area contributed by atoms with E-state index in [9.17, 15) is 0 Å². The van der Waals surface area contributed by atoms with Crippen LogP contribution in [-0.4, -0.2) is 26.3 Å². The van der Waals surface area contributed by atoms with E-state index in [1.54, 1.807) is 0 Å². The zero-order chi connectivity index (χ0) is 11.5. The van der Waals surface area contributed by atoms with E-state index in [1.165, 1.54) is 51.4 Å². The Morgan fingerprint density at radius 3 is 2.62 bits per heavy atom. The summed E-state index contributed by atoms with van der Waals surface area (Å²) in [6.07, 6.45) is 11.0. The molecular formula is C14H29NO. The van der Waals surface area contributed by atoms with Crippen LogP contribution in [0.2, 0.25) is 0 Å². The second-order valence-corrected chi connectivity index (χ2v) is 5.01. The second kappa shape index (κ2) is 10.1. The Balaban J connectivity index is 1.65. The standard InChI is InChI=1S/C14H29NO/c1-2-3-4-5-10-15-11-13-16-12-9-14-7-6-8-14/h14-15H,2-13H2,1H3. The van der Waals surface area contributed by atoms with Crippen molar-refractivity contribution in [3.8, 4) is 0 Å². The Labute approximate surface area is 101 Å². The molecule has 1 rings (SSSR count). The molecule has 1 fully saturated rings. The molecule has 0 atom stereocenters. The first-order valence-electron chi connectivity index (χ1n) is 7.22. The van der Waals surface area contributed by atoms with Crippen LogP contribution in [-0.2, 0) is 4.74 Å². The SMILES string of the molecule is CCCCCCNCCOCCC1CCC1. The van der Waals surface area contributed by atoms with Crippen molar-refractivity contribution in [3.05, 3.63) is 0 Å². The Morgan fingerprint density at radius 2 is 1.94 bits per heavy atom. The van der Waals surface area contributed by atoms with Gasteiger partial charge < -0.3 is 10.1 Å². The molecule has 0 spiro atoms. The van der Waals surface area contributed by atoms with Gasteiger partial charge in [-0.25, -0.2) is 0 Å². The van der Waals surface area contributed by atoms with E-state index in [0.29, 0.717) is 0 Å². The smallest absolute Gasteiger partial charge is 0.0590 e. The van der Waals surface area contributed by atoms with Gasteiger partial charge in [0.1, 0.15) is 0 Å². The maximum Gasteiger partial charge on any atom is 0.0590 e. The summed E-state index contributed by atoms with van der Waals surface area (Å²) in [7, 11) is 0. The van der Waals surface area contributed by atoms with Crippen LogP contribution in [0.3, 0.4) is 0 Å². The Bertz CT molecular complexity index is 146. The van der Waals surface area contributed by atoms with Gasteiger partial charge in [-0.05, 0) is 25.3 Å². The predicted molar refractivity (Wildman–Crippen MR) is 69.8 cm³/mol. The molecule has 0 radical (unpaired) electrons. The molecule has 0 aromatic heterocycles. The van der Waals surface area contributed by atoms with Gasteiger partial charge in [0.05, 0.1) is 6.61 Å². The number of unbranched alkanes of at least 4 members (excludes halogenated alkanes) is 3. The summed E-state index contributed by atoms with van der Waals surface area (Å²) < 4.78 is 5.61. The molecule has 0 amide bonds. The van der Waals surface area contributed by atoms with Gasteiger partial charge in [0.25, 0.3) is 0 Å². The first-order valence-corrected chi connectivity index (χ1v) is 7.22. The topological polar surface area (TPSA) is 21.3 Å². The molecule has 2 heteroatoms. The van der Waals surface area contributed by atoms with Gasteiger partial charge in [-0.15, -0.1) is 0 Å². The Kier molecular flexibility index (Phi) is 8.83. The quantitative estimate of drug-likeness (QED) is 0.546. The lowest BCUT2D eigenvalue weighted by atomic mass is 9.83. The highest BCUT2D eigenvalue weighted by atomic mass is 16.5. The fourth-order valence-corrected chi connectivity index (χ4v) is 2.08. The van der Waals surface area contributed by atoms with Crippen LogP contribution in [0.5, 0.6) is 0 Å². The van der Waals surface area contributed by atoms with Crippen molar-refractivity contribution in [3.63, 3.8) is 0 Å². The molecule has 0 aromatic rings. The minimum absolute atomic E-state index is 0.889. The van der Waals surface area contributed by atoms with Crippen molar-refractivity contribution >= 4 is 0 Å². The van der Waals surface area contributed by atoms with Gasteiger partial charge in [0.15, 0.2) is 0 Å². The summed E-state index contributed by atoms with van der Waals surface area (Å²) in [4.78, 5) is 0. The molecule has 0 heterocycles. The summed E-state index contributed by atoms with van der Waals surface area (Å²) >= 11 is 0. The van der Waals surface area contributed by atoms with Gasteiger partial charge in [0.2, 0.25) is 0 Å². The normalized spacial score (nSPS) is 16.3. The van der Waals surface area contributed by atoms with Crippen LogP contribution >= 0.6 is 0 Å². The highest BCUT2D eigenvalue weighted by molar-refractivity contribution is 4.68. The maximum absolute atomic E-state index is 5.61. The molecular weight excluding hydrogens is 198 g/mol. The number of hydrogen-bond acceptors (Lipinski definition) is 2. The third kappa shape index (κ3) is 7.24. The highest BCUT2D eigenvalue weighted by Crippen LogP contribution is 2.28. The predicted octanol–water partition coefficient (Wildman–Crippen LogP) is 3.36. The molecule has 0 unspecified atom stereocenters. The molecule has 0 aliphatic heterocycles. The zero-order valence-electron chi connectivity index (χ0n) is 11.0. The second-order valence-electron chi connectivity index (χ2n) is 5.01. The van der Waals surface area contributed by atoms with Crippen LogP contribution in [0.15, 0.2) is 0 Å². The van der Waals surface area contributed by atoms with Crippen LogP contribution in [0.4, 0.5) is 0 Å². The van der Waals surface area contributed by atoms with Crippen LogP contribution in [0.25, 0.3) is 0 Å². The van der Waals surface area contributed by atoms with Crippen molar-refractivity contribution in [2.24, 2.45) is 5.92 Å². The molecule has 96 valence electrons. The molecule has 1 N–H and O–H groups in total. The highest BCUT2D eigenvalue weighted by Gasteiger charge is 2.16. The van der Waals surface area contributed by atoms with E-state index in [4.69, 9.17) is 4.74 Å². The van der Waals surface area contributed by atoms with E-state index in [0.717, 1.165) is 32.2 Å². The fraction of sp³-hybridized carbons (Fsp3) is 1.00. The average Bonchev–Trinajstić information content (AvgIpc) is 2.23. The lowest BCUT2D eigenvalue weighted by Gasteiger charge is -2.24. The van der Waals surface area contributed by atoms with Crippen molar-refractivity contribution in [1.29, 1.82) is 0 Å². The molecule has 1 aliphatic rings. The van der Waals surface area contributed by atoms with E-state index in [-0.39, 0.29) is 0 Å². The molecule has 2 nitrogen and oxygen atoms in total. The summed E-state index contributed by atoms with van der Waals surface area (Å²) in [5.74, 6) is 0.988. The third-order valence-corrected chi connectivity index (χ3v) is 3.53. The monoisotopic (exact) mass is 227 g/mol. The Morgan fingerprint density at radius 1 is 1.06 bits per heavy atom. The average molecular weight is 227 g/mol. The van der Waals surface area contributed by atoms with Gasteiger partial charge in [-0.2, -0.15) is 0 Å². The first-order chi connectivity index (χ1) is 7.93. The number of ether oxygens (including phenoxy) is 1. The van der Waals surface area contributed by atoms with Gasteiger partial charge >= 0.3 is 0 Å². The lowest BCUT2D eigenvalue weighted by Crippen LogP contribution is -2.22. The molecule has 16 heavy (non-hydrogen) atoms. The number of nitrogens with one attached hydrogen (secondary N) is 1. The van der Waals surface area contributed by atoms with Crippen molar-refractivity contribution in [2.75, 3.05) is 26.3 Å². The van der Waals surface area contributed by atoms with Crippen LogP contribution < -0.4 is 5.32 Å². The summed E-state index contributed by atoms with van der Waals surface area (Å²) in [6, 6.07) is 0. The molecule has 0 aromatic carbocycles. The van der Waals surface area contributed by atoms with Gasteiger partial charge in [0, 0.05) is 13.2 Å². The van der Waals surface area contributed by atoms with E-state index >= 15 is 0 Å². The van der Waals surface area contributed by atoms with Gasteiger partial charge in [-0.3, -0.25) is 0 Å². The van der Waals surface area contributed by atoms with Crippen LogP contribution in [0, 0.1) is 5.92 Å². The molecule has 1 saturated carbocycles. The van der Waals surface area contributed by atoms with E-state index < -0.39 is 0 Å². The van der Waals surface area contributed by atoms with E-state index in [1.807, 2.05) is 0 Å². The van der Waals surface area contributed by atoms with E-state index in [2.05, 4.69) is 12.2 Å². The molecule has 1 aliphatic carbocycles. The van der Waals surface area contributed by atoms with Crippen LogP contribution in [0.1, 0.15) is 58.3 Å². The van der Waals surface area contributed by atoms with Gasteiger partial charge in [-0.1, -0.05) is 45.4 Å². The van der Waals surface area contributed by atoms with Crippen molar-refractivity contribution in [1.82, 2.24) is 5.32 Å². The van der Waals surface area contributed by atoms with Crippen molar-refractivity contribution < 1.29 is 4.74 Å². The zero-order valence-corrected chi connectivity index (χ0v) is 11.0. The summed E-state index contributed by atoms with van der Waals surface area (Å²) in [6.45, 7) is 6.30. The number of rotatable bonds is 11. The Hall–Kier alpha value is -0.0800.